The second-order valence-electron chi connectivity index (χ2n) is 13.4. The minimum absolute atomic E-state index is 0.368. The Hall–Kier alpha value is 1.25. The molecule has 0 radical (unpaired) electrons. The van der Waals surface area contributed by atoms with E-state index in [9.17, 15) is 0 Å². The topological polar surface area (TPSA) is 79.2 Å². The fraction of sp³-hybridized carbons (Fsp3) is 1.00. The predicted molar refractivity (Wildman–Crippen MR) is 172 cm³/mol. The van der Waals surface area contributed by atoms with Gasteiger partial charge in [0.25, 0.3) is 0 Å². The van der Waals surface area contributed by atoms with Crippen molar-refractivity contribution in [2.45, 2.75) is 154 Å². The molecule has 0 aromatic heterocycles. The molecule has 5 nitrogen and oxygen atoms in total. The molecule has 2 aliphatic rings. The van der Waals surface area contributed by atoms with Gasteiger partial charge >= 0.3 is 0 Å². The quantitative estimate of drug-likeness (QED) is 0.218. The third kappa shape index (κ3) is 37.4. The number of aliphatic hydroxyl groups is 3. The lowest BCUT2D eigenvalue weighted by Gasteiger charge is -2.38. The van der Waals surface area contributed by atoms with Gasteiger partial charge in [0, 0.05) is 7.11 Å². The number of hydrogen-bond donors (Lipinski definition) is 3. The first-order valence-corrected chi connectivity index (χ1v) is 29.4. The monoisotopic (exact) mass is 624 g/mol. The van der Waals surface area contributed by atoms with Gasteiger partial charge in [-0.1, -0.05) is 65.0 Å². The maximum absolute atomic E-state index is 8.93. The lowest BCUT2D eigenvalue weighted by Crippen LogP contribution is -2.46. The Morgan fingerprint density at radius 2 is 0.694 bits per heavy atom. The van der Waals surface area contributed by atoms with Crippen molar-refractivity contribution in [3.8, 4) is 0 Å². The predicted octanol–water partition coefficient (Wildman–Crippen LogP) is 8.01. The molecule has 36 heavy (non-hydrogen) atoms. The Labute approximate surface area is 238 Å². The van der Waals surface area contributed by atoms with Crippen molar-refractivity contribution in [2.24, 2.45) is 0 Å². The number of rotatable bonds is 4. The first-order valence-electron chi connectivity index (χ1n) is 13.5. The molecule has 0 saturated heterocycles. The molecule has 0 heterocycles. The molecule has 4 unspecified atom stereocenters. The molecule has 3 N–H and O–H groups in total. The van der Waals surface area contributed by atoms with Crippen molar-refractivity contribution in [2.75, 3.05) is 7.11 Å². The Morgan fingerprint density at radius 1 is 0.500 bits per heavy atom. The highest BCUT2D eigenvalue weighted by molar-refractivity contribution is 7.18. The van der Waals surface area contributed by atoms with Crippen molar-refractivity contribution in [3.63, 3.8) is 0 Å². The van der Waals surface area contributed by atoms with Crippen LogP contribution < -0.4 is 0 Å². The highest BCUT2D eigenvalue weighted by atomic mass is 35.6. The summed E-state index contributed by atoms with van der Waals surface area (Å²) in [6, 6.07) is 0. The summed E-state index contributed by atoms with van der Waals surface area (Å²) >= 11 is 11.3. The Balaban J connectivity index is -0.000000453. The van der Waals surface area contributed by atoms with Gasteiger partial charge in [0.2, 0.25) is 0 Å². The average molecular weight is 626 g/mol. The van der Waals surface area contributed by atoms with Crippen LogP contribution in [0.5, 0.6) is 0 Å². The standard InChI is InChI=1S/C12H28O2Si2.C6H12O2.2C3H9ClSi.CH4O/c1-15(2,3)13-11-9-7-8-10-12(11)14-16(4,5)6;7-5-3-1-2-4-6(5)8;2*1-5(2,3)4;1-2/h11-12H,7-10H2,1-6H3;5-8H,1-4H2;2*1-3H3;2H,1H3. The van der Waals surface area contributed by atoms with Crippen LogP contribution in [0.15, 0.2) is 0 Å². The Morgan fingerprint density at radius 3 is 0.861 bits per heavy atom. The largest absolute Gasteiger partial charge is 0.412 e. The summed E-state index contributed by atoms with van der Waals surface area (Å²) in [5, 5.41) is 24.9. The summed E-state index contributed by atoms with van der Waals surface area (Å²) in [7, 11) is -4.13. The van der Waals surface area contributed by atoms with Gasteiger partial charge in [0.05, 0.1) is 24.4 Å². The fourth-order valence-electron chi connectivity index (χ4n) is 3.33. The smallest absolute Gasteiger partial charge is 0.184 e. The van der Waals surface area contributed by atoms with Crippen LogP contribution in [0.3, 0.4) is 0 Å². The number of halogens is 2. The molecule has 222 valence electrons. The molecule has 0 aromatic rings. The lowest BCUT2D eigenvalue weighted by molar-refractivity contribution is -0.00865. The zero-order valence-corrected chi connectivity index (χ0v) is 31.4. The Bertz CT molecular complexity index is 461. The van der Waals surface area contributed by atoms with Crippen LogP contribution in [0.2, 0.25) is 78.6 Å². The van der Waals surface area contributed by atoms with Gasteiger partial charge in [0.15, 0.2) is 16.6 Å². The Kier molecular flexibility index (Phi) is 23.4. The van der Waals surface area contributed by atoms with E-state index in [4.69, 9.17) is 46.3 Å². The first-order chi connectivity index (χ1) is 16.0. The summed E-state index contributed by atoms with van der Waals surface area (Å²) in [6.07, 6.45) is 8.55. The van der Waals surface area contributed by atoms with Crippen LogP contribution >= 0.6 is 22.2 Å². The molecule has 0 spiro atoms. The van der Waals surface area contributed by atoms with Crippen LogP contribution in [0.1, 0.15) is 51.4 Å². The molecular formula is C25H62Cl2O5Si4. The van der Waals surface area contributed by atoms with Gasteiger partial charge in [-0.2, -0.15) is 22.2 Å². The molecule has 2 fully saturated rings. The normalized spacial score (nSPS) is 24.8. The van der Waals surface area contributed by atoms with E-state index in [0.29, 0.717) is 12.2 Å². The summed E-state index contributed by atoms with van der Waals surface area (Å²) in [4.78, 5) is 0. The molecular weight excluding hydrogens is 564 g/mol. The maximum Gasteiger partial charge on any atom is 0.184 e. The molecule has 0 bridgehead atoms. The summed E-state index contributed by atoms with van der Waals surface area (Å²) in [5.74, 6) is 0. The van der Waals surface area contributed by atoms with Crippen LogP contribution in [-0.2, 0) is 8.85 Å². The number of aliphatic hydroxyl groups excluding tert-OH is 3. The van der Waals surface area contributed by atoms with Crippen molar-refractivity contribution >= 4 is 53.6 Å². The van der Waals surface area contributed by atoms with E-state index < -0.39 is 43.6 Å². The molecule has 0 amide bonds. The molecule has 2 rings (SSSR count). The molecule has 2 aliphatic carbocycles. The SMILES string of the molecule is CO.C[Si](C)(C)Cl.C[Si](C)(C)Cl.C[Si](C)(C)OC1CCCCC1O[Si](C)(C)C.OC1CCCCC1O. The second kappa shape index (κ2) is 20.2. The maximum atomic E-state index is 8.93. The van der Waals surface area contributed by atoms with Gasteiger partial charge < -0.3 is 24.2 Å². The zero-order chi connectivity index (χ0) is 29.4. The number of hydrogen-bond acceptors (Lipinski definition) is 5. The van der Waals surface area contributed by atoms with E-state index in [2.05, 4.69) is 78.6 Å². The molecule has 2 saturated carbocycles. The fourth-order valence-corrected chi connectivity index (χ4v) is 5.69. The molecule has 0 aliphatic heterocycles. The van der Waals surface area contributed by atoms with Crippen molar-refractivity contribution in [3.05, 3.63) is 0 Å². The van der Waals surface area contributed by atoms with Gasteiger partial charge in [-0.3, -0.25) is 0 Å². The molecule has 4 atom stereocenters. The van der Waals surface area contributed by atoms with Crippen LogP contribution in [-0.4, -0.2) is 78.2 Å². The highest BCUT2D eigenvalue weighted by Gasteiger charge is 2.33. The van der Waals surface area contributed by atoms with Crippen molar-refractivity contribution < 1.29 is 24.2 Å². The molecule has 11 heteroatoms. The van der Waals surface area contributed by atoms with Crippen LogP contribution in [0, 0.1) is 0 Å². The minimum atomic E-state index is -1.43. The minimum Gasteiger partial charge on any atom is -0.412 e. The van der Waals surface area contributed by atoms with E-state index in [0.717, 1.165) is 32.8 Å². The van der Waals surface area contributed by atoms with E-state index in [1.165, 1.54) is 25.7 Å². The van der Waals surface area contributed by atoms with Crippen LogP contribution in [0.4, 0.5) is 0 Å². The van der Waals surface area contributed by atoms with Gasteiger partial charge in [0.1, 0.15) is 14.8 Å². The van der Waals surface area contributed by atoms with Gasteiger partial charge in [-0.05, 0) is 65.0 Å². The van der Waals surface area contributed by atoms with E-state index in [1.54, 1.807) is 0 Å². The van der Waals surface area contributed by atoms with E-state index >= 15 is 0 Å². The van der Waals surface area contributed by atoms with E-state index in [-0.39, 0.29) is 0 Å². The van der Waals surface area contributed by atoms with Crippen molar-refractivity contribution in [1.29, 1.82) is 0 Å². The third-order valence-electron chi connectivity index (χ3n) is 4.35. The lowest BCUT2D eigenvalue weighted by atomic mass is 9.95. The van der Waals surface area contributed by atoms with Crippen LogP contribution in [0.25, 0.3) is 0 Å². The highest BCUT2D eigenvalue weighted by Crippen LogP contribution is 2.28. The summed E-state index contributed by atoms with van der Waals surface area (Å²) < 4.78 is 12.5. The third-order valence-corrected chi connectivity index (χ3v) is 6.37. The van der Waals surface area contributed by atoms with E-state index in [1.807, 2.05) is 0 Å². The van der Waals surface area contributed by atoms with Crippen molar-refractivity contribution in [1.82, 2.24) is 0 Å². The van der Waals surface area contributed by atoms with Gasteiger partial charge in [-0.25, -0.2) is 0 Å². The second-order valence-corrected chi connectivity index (χ2v) is 37.4. The zero-order valence-electron chi connectivity index (χ0n) is 25.9. The molecule has 0 aromatic carbocycles. The average Bonchev–Trinajstić information content (AvgIpc) is 2.63. The first kappa shape index (κ1) is 41.7. The summed E-state index contributed by atoms with van der Waals surface area (Å²) in [6.45, 7) is 26.2. The van der Waals surface area contributed by atoms with Gasteiger partial charge in [-0.15, -0.1) is 0 Å². The summed E-state index contributed by atoms with van der Waals surface area (Å²) in [5.41, 5.74) is 0.